The third-order valence-electron chi connectivity index (χ3n) is 5.97. The fraction of sp³-hybridized carbons (Fsp3) is 0.500. The first-order valence-corrected chi connectivity index (χ1v) is 11.2. The standard InChI is InChI=1S/C24H34N6/c1-3-4-11-26-24-27-22(25)21-14-18(2)15-30(23(21)28-24)17-20-9-7-19(8-10-20)16-29-12-5-6-13-29/h7-10H,2-6,11-17H2,1H3,(H3,25,26,27,28). The Morgan fingerprint density at radius 2 is 1.77 bits per heavy atom. The molecular formula is C24H34N6. The molecule has 1 fully saturated rings. The highest BCUT2D eigenvalue weighted by atomic mass is 15.2. The molecule has 0 atom stereocenters. The largest absolute Gasteiger partial charge is 0.383 e. The molecule has 30 heavy (non-hydrogen) atoms. The van der Waals surface area contributed by atoms with Crippen LogP contribution in [0.5, 0.6) is 0 Å². The zero-order valence-electron chi connectivity index (χ0n) is 18.2. The van der Waals surface area contributed by atoms with Crippen molar-refractivity contribution in [2.45, 2.75) is 52.1 Å². The second-order valence-corrected chi connectivity index (χ2v) is 8.60. The number of nitrogens with two attached hydrogens (primary N) is 1. The van der Waals surface area contributed by atoms with Crippen LogP contribution in [0.15, 0.2) is 36.4 Å². The van der Waals surface area contributed by atoms with Crippen molar-refractivity contribution in [3.63, 3.8) is 0 Å². The number of fused-ring (bicyclic) bond motifs is 1. The van der Waals surface area contributed by atoms with E-state index in [1.165, 1.54) is 37.1 Å². The van der Waals surface area contributed by atoms with Crippen LogP contribution in [-0.4, -0.2) is 41.0 Å². The predicted octanol–water partition coefficient (Wildman–Crippen LogP) is 3.99. The number of unbranched alkanes of at least 4 members (excludes halogenated alkanes) is 1. The van der Waals surface area contributed by atoms with Gasteiger partial charge in [-0.2, -0.15) is 9.97 Å². The van der Waals surface area contributed by atoms with E-state index in [-0.39, 0.29) is 0 Å². The van der Waals surface area contributed by atoms with E-state index in [4.69, 9.17) is 10.7 Å². The van der Waals surface area contributed by atoms with Crippen molar-refractivity contribution in [2.75, 3.05) is 42.1 Å². The highest BCUT2D eigenvalue weighted by molar-refractivity contribution is 5.64. The highest BCUT2D eigenvalue weighted by Gasteiger charge is 2.24. The highest BCUT2D eigenvalue weighted by Crippen LogP contribution is 2.32. The van der Waals surface area contributed by atoms with Crippen molar-refractivity contribution >= 4 is 17.6 Å². The van der Waals surface area contributed by atoms with Gasteiger partial charge < -0.3 is 16.0 Å². The molecule has 1 saturated heterocycles. The van der Waals surface area contributed by atoms with Crippen LogP contribution in [0.4, 0.5) is 17.6 Å². The molecule has 0 unspecified atom stereocenters. The van der Waals surface area contributed by atoms with Crippen molar-refractivity contribution in [2.24, 2.45) is 0 Å². The van der Waals surface area contributed by atoms with Crippen LogP contribution in [0, 0.1) is 0 Å². The predicted molar refractivity (Wildman–Crippen MR) is 125 cm³/mol. The number of nitrogens with zero attached hydrogens (tertiary/aromatic N) is 4. The first kappa shape index (κ1) is 20.7. The van der Waals surface area contributed by atoms with E-state index in [2.05, 4.69) is 57.9 Å². The summed E-state index contributed by atoms with van der Waals surface area (Å²) < 4.78 is 0. The monoisotopic (exact) mass is 406 g/mol. The van der Waals surface area contributed by atoms with Gasteiger partial charge in [-0.1, -0.05) is 49.8 Å². The summed E-state index contributed by atoms with van der Waals surface area (Å²) in [6.07, 6.45) is 5.63. The van der Waals surface area contributed by atoms with E-state index in [1.54, 1.807) is 0 Å². The van der Waals surface area contributed by atoms with Gasteiger partial charge in [0.2, 0.25) is 5.95 Å². The number of likely N-dealkylation sites (tertiary alicyclic amines) is 1. The van der Waals surface area contributed by atoms with E-state index in [1.807, 2.05) is 0 Å². The van der Waals surface area contributed by atoms with Crippen molar-refractivity contribution in [3.8, 4) is 0 Å². The number of nitrogen functional groups attached to an aromatic ring is 1. The van der Waals surface area contributed by atoms with E-state index in [0.717, 1.165) is 62.4 Å². The molecule has 0 saturated carbocycles. The van der Waals surface area contributed by atoms with Gasteiger partial charge in [-0.3, -0.25) is 4.90 Å². The summed E-state index contributed by atoms with van der Waals surface area (Å²) in [4.78, 5) is 14.1. The molecule has 6 heteroatoms. The van der Waals surface area contributed by atoms with Crippen molar-refractivity contribution < 1.29 is 0 Å². The Labute approximate surface area is 180 Å². The van der Waals surface area contributed by atoms with Crippen LogP contribution in [0.1, 0.15) is 49.3 Å². The summed E-state index contributed by atoms with van der Waals surface area (Å²) in [6, 6.07) is 9.01. The quantitative estimate of drug-likeness (QED) is 0.510. The fourth-order valence-corrected chi connectivity index (χ4v) is 4.33. The van der Waals surface area contributed by atoms with Crippen LogP contribution >= 0.6 is 0 Å². The van der Waals surface area contributed by atoms with E-state index in [9.17, 15) is 0 Å². The summed E-state index contributed by atoms with van der Waals surface area (Å²) in [7, 11) is 0. The maximum absolute atomic E-state index is 6.30. The van der Waals surface area contributed by atoms with Gasteiger partial charge in [-0.05, 0) is 43.5 Å². The van der Waals surface area contributed by atoms with Crippen molar-refractivity contribution in [1.82, 2.24) is 14.9 Å². The number of hydrogen-bond acceptors (Lipinski definition) is 6. The number of hydrogen-bond donors (Lipinski definition) is 2. The molecule has 2 aliphatic rings. The molecule has 6 nitrogen and oxygen atoms in total. The van der Waals surface area contributed by atoms with Crippen LogP contribution in [-0.2, 0) is 19.5 Å². The minimum atomic E-state index is 0.561. The van der Waals surface area contributed by atoms with E-state index in [0.29, 0.717) is 11.8 Å². The van der Waals surface area contributed by atoms with Crippen molar-refractivity contribution in [1.29, 1.82) is 0 Å². The van der Waals surface area contributed by atoms with E-state index < -0.39 is 0 Å². The molecule has 2 aromatic rings. The number of nitrogens with one attached hydrogen (secondary N) is 1. The zero-order valence-corrected chi connectivity index (χ0v) is 18.2. The first-order valence-electron chi connectivity index (χ1n) is 11.2. The molecule has 3 heterocycles. The van der Waals surface area contributed by atoms with Crippen LogP contribution in [0.2, 0.25) is 0 Å². The molecule has 0 bridgehead atoms. The van der Waals surface area contributed by atoms with Gasteiger partial charge in [0.05, 0.1) is 0 Å². The zero-order chi connectivity index (χ0) is 20.9. The Bertz CT molecular complexity index is 870. The number of anilines is 3. The molecular weight excluding hydrogens is 372 g/mol. The van der Waals surface area contributed by atoms with Crippen LogP contribution in [0.3, 0.4) is 0 Å². The van der Waals surface area contributed by atoms with Gasteiger partial charge in [-0.15, -0.1) is 0 Å². The van der Waals surface area contributed by atoms with Crippen molar-refractivity contribution in [3.05, 3.63) is 53.1 Å². The number of rotatable bonds is 8. The fourth-order valence-electron chi connectivity index (χ4n) is 4.33. The second-order valence-electron chi connectivity index (χ2n) is 8.60. The molecule has 3 N–H and O–H groups in total. The number of benzene rings is 1. The molecule has 0 aliphatic carbocycles. The molecule has 2 aliphatic heterocycles. The van der Waals surface area contributed by atoms with Gasteiger partial charge in [0.1, 0.15) is 11.6 Å². The lowest BCUT2D eigenvalue weighted by atomic mass is 10.0. The molecule has 1 aromatic heterocycles. The van der Waals surface area contributed by atoms with Gasteiger partial charge in [-0.25, -0.2) is 0 Å². The molecule has 0 radical (unpaired) electrons. The summed E-state index contributed by atoms with van der Waals surface area (Å²) in [5.41, 5.74) is 11.1. The van der Waals surface area contributed by atoms with Gasteiger partial charge >= 0.3 is 0 Å². The third-order valence-corrected chi connectivity index (χ3v) is 5.97. The lowest BCUT2D eigenvalue weighted by molar-refractivity contribution is 0.331. The smallest absolute Gasteiger partial charge is 0.226 e. The lowest BCUT2D eigenvalue weighted by Gasteiger charge is -2.32. The Morgan fingerprint density at radius 1 is 1.07 bits per heavy atom. The number of aromatic nitrogens is 2. The van der Waals surface area contributed by atoms with Crippen LogP contribution < -0.4 is 16.0 Å². The molecule has 0 spiro atoms. The first-order chi connectivity index (χ1) is 14.6. The summed E-state index contributed by atoms with van der Waals surface area (Å²) in [6.45, 7) is 12.4. The summed E-state index contributed by atoms with van der Waals surface area (Å²) in [5.74, 6) is 2.12. The third kappa shape index (κ3) is 4.93. The van der Waals surface area contributed by atoms with Gasteiger partial charge in [0, 0.05) is 38.2 Å². The maximum atomic E-state index is 6.30. The van der Waals surface area contributed by atoms with E-state index >= 15 is 0 Å². The van der Waals surface area contributed by atoms with Crippen LogP contribution in [0.25, 0.3) is 0 Å². The maximum Gasteiger partial charge on any atom is 0.226 e. The topological polar surface area (TPSA) is 70.3 Å². The average molecular weight is 407 g/mol. The summed E-state index contributed by atoms with van der Waals surface area (Å²) >= 11 is 0. The Morgan fingerprint density at radius 3 is 2.47 bits per heavy atom. The van der Waals surface area contributed by atoms with Gasteiger partial charge in [0.15, 0.2) is 0 Å². The average Bonchev–Trinajstić information content (AvgIpc) is 3.24. The Kier molecular flexibility index (Phi) is 6.53. The van der Waals surface area contributed by atoms with Gasteiger partial charge in [0.25, 0.3) is 0 Å². The SMILES string of the molecule is C=C1Cc2c(N)nc(NCCCC)nc2N(Cc2ccc(CN3CCCC3)cc2)C1. The molecule has 160 valence electrons. The Balaban J connectivity index is 1.49. The lowest BCUT2D eigenvalue weighted by Crippen LogP contribution is -2.32. The molecule has 1 aromatic carbocycles. The molecule has 0 amide bonds. The Hall–Kier alpha value is -2.60. The minimum absolute atomic E-state index is 0.561. The summed E-state index contributed by atoms with van der Waals surface area (Å²) in [5, 5.41) is 3.32. The minimum Gasteiger partial charge on any atom is -0.383 e. The normalized spacial score (nSPS) is 16.7. The second kappa shape index (κ2) is 9.47. The molecule has 4 rings (SSSR count).